The molecule has 0 bridgehead atoms. The Morgan fingerprint density at radius 1 is 1.17 bits per heavy atom. The lowest BCUT2D eigenvalue weighted by atomic mass is 10.1. The van der Waals surface area contributed by atoms with Crippen molar-refractivity contribution in [1.29, 1.82) is 0 Å². The highest BCUT2D eigenvalue weighted by atomic mass is 16.5. The maximum atomic E-state index is 9.97. The smallest absolute Gasteiger partial charge is 0.183 e. The summed E-state index contributed by atoms with van der Waals surface area (Å²) in [7, 11) is 1.61. The van der Waals surface area contributed by atoms with E-state index in [9.17, 15) is 5.11 Å². The molecule has 23 heavy (non-hydrogen) atoms. The molecule has 0 aliphatic carbocycles. The summed E-state index contributed by atoms with van der Waals surface area (Å²) >= 11 is 0. The molecule has 0 amide bonds. The molecule has 0 aliphatic rings. The second-order valence-corrected chi connectivity index (χ2v) is 5.46. The summed E-state index contributed by atoms with van der Waals surface area (Å²) in [4.78, 5) is 4.49. The zero-order valence-electron chi connectivity index (χ0n) is 13.3. The summed E-state index contributed by atoms with van der Waals surface area (Å²) in [5.41, 5.74) is 1.96. The number of rotatable bonds is 4. The fourth-order valence-corrected chi connectivity index (χ4v) is 2.32. The third-order valence-electron chi connectivity index (χ3n) is 3.49. The number of aromatic hydroxyl groups is 1. The van der Waals surface area contributed by atoms with Gasteiger partial charge in [0.05, 0.1) is 18.5 Å². The lowest BCUT2D eigenvalue weighted by Gasteiger charge is -2.02. The molecule has 6 nitrogen and oxygen atoms in total. The van der Waals surface area contributed by atoms with Gasteiger partial charge in [0.15, 0.2) is 17.2 Å². The monoisotopic (exact) mass is 310 g/mol. The van der Waals surface area contributed by atoms with Crippen molar-refractivity contribution in [3.63, 3.8) is 0 Å². The van der Waals surface area contributed by atoms with Crippen LogP contribution in [0.15, 0.2) is 52.8 Å². The normalized spacial score (nSPS) is 11.7. The SMILES string of the molecule is COc1cccc(N=Nc2c(C(C)C)nc3c(O)cccn23)c1. The van der Waals surface area contributed by atoms with E-state index in [4.69, 9.17) is 4.74 Å². The molecule has 3 aromatic rings. The third-order valence-corrected chi connectivity index (χ3v) is 3.49. The van der Waals surface area contributed by atoms with Gasteiger partial charge in [-0.05, 0) is 30.2 Å². The first-order valence-electron chi connectivity index (χ1n) is 7.36. The molecule has 0 unspecified atom stereocenters. The van der Waals surface area contributed by atoms with Crippen molar-refractivity contribution >= 4 is 17.2 Å². The van der Waals surface area contributed by atoms with Crippen LogP contribution in [0.4, 0.5) is 11.5 Å². The highest BCUT2D eigenvalue weighted by molar-refractivity contribution is 5.60. The van der Waals surface area contributed by atoms with Gasteiger partial charge in [-0.1, -0.05) is 19.9 Å². The minimum atomic E-state index is 0.122. The lowest BCUT2D eigenvalue weighted by Crippen LogP contribution is -1.87. The van der Waals surface area contributed by atoms with Crippen molar-refractivity contribution in [1.82, 2.24) is 9.38 Å². The van der Waals surface area contributed by atoms with Crippen LogP contribution in [-0.4, -0.2) is 21.6 Å². The molecule has 118 valence electrons. The fraction of sp³-hybridized carbons (Fsp3) is 0.235. The van der Waals surface area contributed by atoms with Crippen molar-refractivity contribution in [2.75, 3.05) is 7.11 Å². The summed E-state index contributed by atoms with van der Waals surface area (Å²) in [6.45, 7) is 4.06. The Morgan fingerprint density at radius 3 is 2.74 bits per heavy atom. The molecule has 3 rings (SSSR count). The van der Waals surface area contributed by atoms with E-state index >= 15 is 0 Å². The molecule has 0 atom stereocenters. The Morgan fingerprint density at radius 2 is 2.00 bits per heavy atom. The Hall–Kier alpha value is -2.89. The maximum absolute atomic E-state index is 9.97. The Balaban J connectivity index is 2.09. The van der Waals surface area contributed by atoms with E-state index in [1.54, 1.807) is 29.7 Å². The zero-order valence-corrected chi connectivity index (χ0v) is 13.3. The Kier molecular flexibility index (Phi) is 3.97. The molecular weight excluding hydrogens is 292 g/mol. The molecule has 1 aromatic carbocycles. The first-order chi connectivity index (χ1) is 11.1. The highest BCUT2D eigenvalue weighted by Gasteiger charge is 2.16. The Bertz CT molecular complexity index is 868. The van der Waals surface area contributed by atoms with E-state index in [1.165, 1.54) is 0 Å². The van der Waals surface area contributed by atoms with Gasteiger partial charge in [-0.25, -0.2) is 4.98 Å². The van der Waals surface area contributed by atoms with Crippen LogP contribution >= 0.6 is 0 Å². The second-order valence-electron chi connectivity index (χ2n) is 5.46. The summed E-state index contributed by atoms with van der Waals surface area (Å²) in [6, 6.07) is 10.7. The van der Waals surface area contributed by atoms with Crippen LogP contribution in [-0.2, 0) is 0 Å². The molecule has 1 N–H and O–H groups in total. The van der Waals surface area contributed by atoms with E-state index in [0.29, 0.717) is 17.2 Å². The average Bonchev–Trinajstić information content (AvgIpc) is 2.93. The summed E-state index contributed by atoms with van der Waals surface area (Å²) in [6.07, 6.45) is 1.81. The summed E-state index contributed by atoms with van der Waals surface area (Å²) in [5.74, 6) is 1.63. The number of imidazole rings is 1. The van der Waals surface area contributed by atoms with E-state index in [0.717, 1.165) is 11.4 Å². The molecule has 0 fully saturated rings. The Labute approximate surface area is 134 Å². The number of ether oxygens (including phenoxy) is 1. The van der Waals surface area contributed by atoms with E-state index in [-0.39, 0.29) is 11.7 Å². The van der Waals surface area contributed by atoms with Crippen molar-refractivity contribution in [3.8, 4) is 11.5 Å². The largest absolute Gasteiger partial charge is 0.504 e. The van der Waals surface area contributed by atoms with Gasteiger partial charge in [-0.2, -0.15) is 0 Å². The molecule has 2 heterocycles. The molecular formula is C17H18N4O2. The van der Waals surface area contributed by atoms with Gasteiger partial charge in [-0.3, -0.25) is 4.40 Å². The number of hydrogen-bond donors (Lipinski definition) is 1. The minimum Gasteiger partial charge on any atom is -0.504 e. The van der Waals surface area contributed by atoms with Crippen LogP contribution in [0.25, 0.3) is 5.65 Å². The van der Waals surface area contributed by atoms with Crippen LogP contribution in [0.5, 0.6) is 11.5 Å². The number of azo groups is 1. The van der Waals surface area contributed by atoms with E-state index in [1.807, 2.05) is 38.2 Å². The van der Waals surface area contributed by atoms with Gasteiger partial charge >= 0.3 is 0 Å². The number of methoxy groups -OCH3 is 1. The highest BCUT2D eigenvalue weighted by Crippen LogP contribution is 2.32. The molecule has 2 aromatic heterocycles. The first kappa shape index (κ1) is 15.0. The predicted octanol–water partition coefficient (Wildman–Crippen LogP) is 4.59. The van der Waals surface area contributed by atoms with Crippen molar-refractivity contribution in [3.05, 3.63) is 48.3 Å². The molecule has 0 radical (unpaired) electrons. The molecule has 0 saturated heterocycles. The van der Waals surface area contributed by atoms with Crippen molar-refractivity contribution in [2.45, 2.75) is 19.8 Å². The zero-order chi connectivity index (χ0) is 16.4. The van der Waals surface area contributed by atoms with Gasteiger partial charge in [0, 0.05) is 12.3 Å². The second kappa shape index (κ2) is 6.08. The van der Waals surface area contributed by atoms with Gasteiger partial charge in [-0.15, -0.1) is 10.2 Å². The third kappa shape index (κ3) is 2.88. The summed E-state index contributed by atoms with van der Waals surface area (Å²) in [5, 5.41) is 18.6. The molecule has 0 spiro atoms. The van der Waals surface area contributed by atoms with E-state index < -0.39 is 0 Å². The molecule has 0 saturated carbocycles. The van der Waals surface area contributed by atoms with Gasteiger partial charge in [0.25, 0.3) is 0 Å². The molecule has 0 aliphatic heterocycles. The predicted molar refractivity (Wildman–Crippen MR) is 88.1 cm³/mol. The van der Waals surface area contributed by atoms with E-state index in [2.05, 4.69) is 15.2 Å². The number of benzene rings is 1. The topological polar surface area (TPSA) is 71.5 Å². The number of aromatic nitrogens is 2. The lowest BCUT2D eigenvalue weighted by molar-refractivity contribution is 0.415. The fourth-order valence-electron chi connectivity index (χ4n) is 2.32. The standard InChI is InChI=1S/C17H18N4O2/c1-11(2)15-17(21-9-5-8-14(22)16(21)18-15)20-19-12-6-4-7-13(10-12)23-3/h4-11,22H,1-3H3. The number of nitrogens with zero attached hydrogens (tertiary/aromatic N) is 4. The molecule has 6 heteroatoms. The van der Waals surface area contributed by atoms with Crippen LogP contribution in [0, 0.1) is 0 Å². The maximum Gasteiger partial charge on any atom is 0.183 e. The first-order valence-corrected chi connectivity index (χ1v) is 7.36. The number of fused-ring (bicyclic) bond motifs is 1. The van der Waals surface area contributed by atoms with Crippen LogP contribution in [0.2, 0.25) is 0 Å². The quantitative estimate of drug-likeness (QED) is 0.716. The van der Waals surface area contributed by atoms with Gasteiger partial charge in [0.1, 0.15) is 5.75 Å². The van der Waals surface area contributed by atoms with Gasteiger partial charge in [0.2, 0.25) is 0 Å². The van der Waals surface area contributed by atoms with Crippen LogP contribution < -0.4 is 4.74 Å². The minimum absolute atomic E-state index is 0.122. The number of pyridine rings is 1. The van der Waals surface area contributed by atoms with Crippen molar-refractivity contribution in [2.24, 2.45) is 10.2 Å². The number of hydrogen-bond acceptors (Lipinski definition) is 5. The van der Waals surface area contributed by atoms with Crippen LogP contribution in [0.3, 0.4) is 0 Å². The van der Waals surface area contributed by atoms with Crippen molar-refractivity contribution < 1.29 is 9.84 Å². The van der Waals surface area contributed by atoms with Crippen LogP contribution in [0.1, 0.15) is 25.5 Å². The van der Waals surface area contributed by atoms with Gasteiger partial charge < -0.3 is 9.84 Å². The average molecular weight is 310 g/mol. The summed E-state index contributed by atoms with van der Waals surface area (Å²) < 4.78 is 6.93.